The van der Waals surface area contributed by atoms with Crippen molar-refractivity contribution in [2.75, 3.05) is 5.32 Å². The molecule has 3 amide bonds. The van der Waals surface area contributed by atoms with E-state index in [0.717, 1.165) is 0 Å². The zero-order valence-electron chi connectivity index (χ0n) is 16.0. The number of carbonyl (C=O) groups excluding carboxylic acids is 4. The lowest BCUT2D eigenvalue weighted by atomic mass is 9.76. The second-order valence-electron chi connectivity index (χ2n) is 8.80. The number of rotatable bonds is 3. The maximum Gasteiger partial charge on any atom is 0.291 e. The molecule has 0 aromatic heterocycles. The normalized spacial score (nSPS) is 31.3. The van der Waals surface area contributed by atoms with Crippen LogP contribution in [0.1, 0.15) is 39.2 Å². The number of nitrogens with zero attached hydrogens (tertiary/aromatic N) is 1. The molecule has 148 valence electrons. The third kappa shape index (κ3) is 2.33. The molecule has 3 aliphatic heterocycles. The van der Waals surface area contributed by atoms with Crippen molar-refractivity contribution in [1.29, 1.82) is 0 Å². The summed E-state index contributed by atoms with van der Waals surface area (Å²) in [5.74, 6) is -3.88. The van der Waals surface area contributed by atoms with Crippen LogP contribution in [0.25, 0.3) is 0 Å². The van der Waals surface area contributed by atoms with Gasteiger partial charge in [-0.15, -0.1) is 0 Å². The topological polar surface area (TPSA) is 123 Å². The molecule has 1 aromatic rings. The van der Waals surface area contributed by atoms with E-state index in [1.165, 1.54) is 4.90 Å². The third-order valence-corrected chi connectivity index (χ3v) is 6.13. The van der Waals surface area contributed by atoms with E-state index >= 15 is 0 Å². The largest absolute Gasteiger partial charge is 0.550 e. The number of hydrogen-bond donors (Lipinski definition) is 2. The summed E-state index contributed by atoms with van der Waals surface area (Å²) in [6.07, 6.45) is -0.0849. The summed E-state index contributed by atoms with van der Waals surface area (Å²) >= 11 is 0. The van der Waals surface area contributed by atoms with E-state index in [2.05, 4.69) is 5.32 Å². The molecule has 4 rings (SSSR count). The minimum Gasteiger partial charge on any atom is -0.550 e. The number of hydrogen-bond acceptors (Lipinski definition) is 5. The highest BCUT2D eigenvalue weighted by atomic mass is 16.4. The zero-order chi connectivity index (χ0) is 20.4. The molecule has 4 atom stereocenters. The average molecular weight is 385 g/mol. The molecule has 3 aliphatic rings. The number of benzene rings is 1. The fourth-order valence-corrected chi connectivity index (χ4v) is 5.13. The van der Waals surface area contributed by atoms with Gasteiger partial charge in [-0.2, -0.15) is 0 Å². The van der Waals surface area contributed by atoms with Crippen molar-refractivity contribution < 1.29 is 29.6 Å². The molecule has 2 fully saturated rings. The van der Waals surface area contributed by atoms with Crippen LogP contribution in [-0.4, -0.2) is 40.2 Å². The van der Waals surface area contributed by atoms with Crippen LogP contribution in [0.2, 0.25) is 0 Å². The number of amides is 3. The first kappa shape index (κ1) is 18.6. The number of carboxylic acid groups (broad SMARTS) is 1. The number of aliphatic carboxylic acids is 1. The third-order valence-electron chi connectivity index (χ3n) is 6.13. The number of nitrogens with one attached hydrogen (secondary N) is 1. The fourth-order valence-electron chi connectivity index (χ4n) is 5.13. The number of carboxylic acids is 1. The minimum absolute atomic E-state index is 0.150. The molecule has 0 radical (unpaired) electrons. The number of fused-ring (bicyclic) bond motifs is 4. The van der Waals surface area contributed by atoms with Crippen molar-refractivity contribution >= 4 is 29.4 Å². The van der Waals surface area contributed by atoms with Gasteiger partial charge in [-0.05, 0) is 33.3 Å². The maximum absolute atomic E-state index is 13.4. The van der Waals surface area contributed by atoms with Gasteiger partial charge >= 0.3 is 0 Å². The molecular formula is C20H23N3O5. The number of likely N-dealkylation sites (tertiary alicyclic amines) is 1. The lowest BCUT2D eigenvalue weighted by molar-refractivity contribution is -0.734. The van der Waals surface area contributed by atoms with Gasteiger partial charge in [0.25, 0.3) is 5.91 Å². The van der Waals surface area contributed by atoms with Crippen molar-refractivity contribution in [2.24, 2.45) is 11.8 Å². The van der Waals surface area contributed by atoms with Gasteiger partial charge in [-0.3, -0.25) is 19.3 Å². The number of imide groups is 1. The van der Waals surface area contributed by atoms with E-state index in [0.29, 0.717) is 11.3 Å². The van der Waals surface area contributed by atoms with Gasteiger partial charge in [0, 0.05) is 23.5 Å². The summed E-state index contributed by atoms with van der Waals surface area (Å²) in [7, 11) is 0. The molecule has 3 N–H and O–H groups in total. The van der Waals surface area contributed by atoms with Crippen molar-refractivity contribution in [3.05, 3.63) is 29.8 Å². The monoisotopic (exact) mass is 385 g/mol. The number of carbonyl (C=O) groups is 4. The number of anilines is 1. The van der Waals surface area contributed by atoms with Crippen LogP contribution in [0.3, 0.4) is 0 Å². The number of quaternary nitrogens is 1. The lowest BCUT2D eigenvalue weighted by Gasteiger charge is -2.33. The Hall–Kier alpha value is -2.74. The molecule has 1 spiro atoms. The van der Waals surface area contributed by atoms with Crippen LogP contribution < -0.4 is 15.7 Å². The Morgan fingerprint density at radius 1 is 1.21 bits per heavy atom. The molecule has 0 aliphatic carbocycles. The molecule has 8 nitrogen and oxygen atoms in total. The Morgan fingerprint density at radius 2 is 1.89 bits per heavy atom. The van der Waals surface area contributed by atoms with Gasteiger partial charge in [-0.25, -0.2) is 0 Å². The second kappa shape index (κ2) is 5.88. The minimum atomic E-state index is -1.26. The van der Waals surface area contributed by atoms with Crippen LogP contribution in [0.4, 0.5) is 5.69 Å². The molecule has 0 unspecified atom stereocenters. The summed E-state index contributed by atoms with van der Waals surface area (Å²) in [5, 5.41) is 15.6. The standard InChI is InChI=1S/C20H23N3O5/c1-19(2,3)23-16(26)14-12(8-9-13(24)25)22-20(15(14)17(23)27)10-6-4-5-7-11(10)21-18(20)28/h4-7,12,14-15,22H,8-9H2,1-3H3,(H,21,28)(H,24,25)/t12-,14+,15-,20-/m0/s1. The Kier molecular flexibility index (Phi) is 3.91. The zero-order valence-corrected chi connectivity index (χ0v) is 16.0. The average Bonchev–Trinajstić information content (AvgIpc) is 3.17. The molecule has 0 saturated carbocycles. The van der Waals surface area contributed by atoms with Gasteiger partial charge in [-0.1, -0.05) is 18.2 Å². The van der Waals surface area contributed by atoms with Gasteiger partial charge in [0.05, 0.1) is 5.69 Å². The van der Waals surface area contributed by atoms with E-state index in [4.69, 9.17) is 0 Å². The van der Waals surface area contributed by atoms with Gasteiger partial charge < -0.3 is 20.5 Å². The van der Waals surface area contributed by atoms with E-state index in [1.54, 1.807) is 50.4 Å². The molecule has 0 bridgehead atoms. The Bertz CT molecular complexity index is 905. The summed E-state index contributed by atoms with van der Waals surface area (Å²) in [4.78, 5) is 52.1. The summed E-state index contributed by atoms with van der Waals surface area (Å²) in [5.41, 5.74) is -0.696. The van der Waals surface area contributed by atoms with Gasteiger partial charge in [0.15, 0.2) is 0 Å². The highest BCUT2D eigenvalue weighted by molar-refractivity contribution is 6.14. The smallest absolute Gasteiger partial charge is 0.291 e. The molecule has 1 aromatic carbocycles. The summed E-state index contributed by atoms with van der Waals surface area (Å²) in [6, 6.07) is 6.65. The van der Waals surface area contributed by atoms with E-state index in [9.17, 15) is 24.3 Å². The predicted octanol–water partition coefficient (Wildman–Crippen LogP) is -1.29. The van der Waals surface area contributed by atoms with Crippen LogP contribution >= 0.6 is 0 Å². The van der Waals surface area contributed by atoms with Crippen molar-refractivity contribution in [2.45, 2.75) is 50.7 Å². The van der Waals surface area contributed by atoms with Crippen LogP contribution in [0, 0.1) is 11.8 Å². The molecule has 3 heterocycles. The van der Waals surface area contributed by atoms with Crippen molar-refractivity contribution in [1.82, 2.24) is 4.90 Å². The second-order valence-corrected chi connectivity index (χ2v) is 8.80. The van der Waals surface area contributed by atoms with E-state index in [1.807, 2.05) is 0 Å². The van der Waals surface area contributed by atoms with Crippen LogP contribution in [0.5, 0.6) is 0 Å². The number of nitrogens with two attached hydrogens (primary N) is 1. The highest BCUT2D eigenvalue weighted by Gasteiger charge is 2.74. The van der Waals surface area contributed by atoms with Crippen LogP contribution in [-0.2, 0) is 24.7 Å². The predicted molar refractivity (Wildman–Crippen MR) is 95.3 cm³/mol. The van der Waals surface area contributed by atoms with Crippen molar-refractivity contribution in [3.63, 3.8) is 0 Å². The molecule has 8 heteroatoms. The van der Waals surface area contributed by atoms with E-state index in [-0.39, 0.29) is 30.6 Å². The Morgan fingerprint density at radius 3 is 2.54 bits per heavy atom. The lowest BCUT2D eigenvalue weighted by Crippen LogP contribution is -2.99. The molecular weight excluding hydrogens is 362 g/mol. The van der Waals surface area contributed by atoms with Crippen molar-refractivity contribution in [3.8, 4) is 0 Å². The maximum atomic E-state index is 13.4. The SMILES string of the molecule is CC(C)(C)N1C(=O)[C@@H]2[C@H](CCC(=O)[O-])[NH2+][C@]3(C(=O)Nc4ccccc43)[C@@H]2C1=O. The first-order valence-electron chi connectivity index (χ1n) is 9.44. The summed E-state index contributed by atoms with van der Waals surface area (Å²) in [6.45, 7) is 5.33. The molecule has 2 saturated heterocycles. The van der Waals surface area contributed by atoms with E-state index < -0.39 is 34.9 Å². The number of para-hydroxylation sites is 1. The highest BCUT2D eigenvalue weighted by Crippen LogP contribution is 2.50. The first-order chi connectivity index (χ1) is 13.1. The quantitative estimate of drug-likeness (QED) is 0.627. The van der Waals surface area contributed by atoms with Gasteiger partial charge in [0.1, 0.15) is 17.9 Å². The molecule has 28 heavy (non-hydrogen) atoms. The first-order valence-corrected chi connectivity index (χ1v) is 9.44. The summed E-state index contributed by atoms with van der Waals surface area (Å²) < 4.78 is 0. The Labute approximate surface area is 162 Å². The fraction of sp³-hybridized carbons (Fsp3) is 0.500. The van der Waals surface area contributed by atoms with Crippen LogP contribution in [0.15, 0.2) is 24.3 Å². The van der Waals surface area contributed by atoms with Gasteiger partial charge in [0.2, 0.25) is 17.4 Å². The Balaban J connectivity index is 1.86.